The van der Waals surface area contributed by atoms with Gasteiger partial charge >= 0.3 is 0 Å². The Morgan fingerprint density at radius 1 is 1.08 bits per heavy atom. The fourth-order valence-corrected chi connectivity index (χ4v) is 3.69. The second-order valence-electron chi connectivity index (χ2n) is 7.26. The third kappa shape index (κ3) is 5.93. The standard InChI is InChI=1S/C20H32N2O4/c1-2-24-13-14-26-19-5-3-18(4-6-19)15-22-8-7-20(23,17-22)16-21-9-11-25-12-10-21/h3-6,23H,2,7-17H2,1H3/t20-/m1/s1. The fraction of sp³-hybridized carbons (Fsp3) is 0.700. The van der Waals surface area contributed by atoms with Gasteiger partial charge in [0.05, 0.1) is 25.4 Å². The number of nitrogens with zero attached hydrogens (tertiary/aromatic N) is 2. The molecule has 1 aromatic rings. The van der Waals surface area contributed by atoms with Crippen molar-refractivity contribution in [3.63, 3.8) is 0 Å². The number of morpholine rings is 1. The molecule has 0 aromatic heterocycles. The van der Waals surface area contributed by atoms with E-state index in [-0.39, 0.29) is 0 Å². The van der Waals surface area contributed by atoms with Crippen molar-refractivity contribution in [3.8, 4) is 5.75 Å². The lowest BCUT2D eigenvalue weighted by molar-refractivity contribution is -0.0266. The molecule has 2 aliphatic heterocycles. The number of hydrogen-bond acceptors (Lipinski definition) is 6. The van der Waals surface area contributed by atoms with E-state index in [1.165, 1.54) is 5.56 Å². The Balaban J connectivity index is 1.43. The predicted molar refractivity (Wildman–Crippen MR) is 101 cm³/mol. The molecule has 3 rings (SSSR count). The van der Waals surface area contributed by atoms with E-state index in [1.54, 1.807) is 0 Å². The minimum absolute atomic E-state index is 0.577. The first-order chi connectivity index (χ1) is 12.7. The van der Waals surface area contributed by atoms with Gasteiger partial charge in [-0.25, -0.2) is 0 Å². The van der Waals surface area contributed by atoms with E-state index in [9.17, 15) is 5.11 Å². The molecule has 0 saturated carbocycles. The summed E-state index contributed by atoms with van der Waals surface area (Å²) >= 11 is 0. The third-order valence-electron chi connectivity index (χ3n) is 5.06. The van der Waals surface area contributed by atoms with Crippen LogP contribution >= 0.6 is 0 Å². The Morgan fingerprint density at radius 3 is 2.58 bits per heavy atom. The Bertz CT molecular complexity index is 533. The van der Waals surface area contributed by atoms with E-state index in [0.29, 0.717) is 13.2 Å². The number of hydrogen-bond donors (Lipinski definition) is 1. The second kappa shape index (κ2) is 9.67. The molecule has 2 fully saturated rings. The van der Waals surface area contributed by atoms with Crippen molar-refractivity contribution in [1.82, 2.24) is 9.80 Å². The maximum absolute atomic E-state index is 10.9. The van der Waals surface area contributed by atoms with Crippen molar-refractivity contribution in [2.45, 2.75) is 25.5 Å². The van der Waals surface area contributed by atoms with Crippen LogP contribution in [-0.4, -0.2) is 86.3 Å². The van der Waals surface area contributed by atoms with Crippen LogP contribution in [0.1, 0.15) is 18.9 Å². The van der Waals surface area contributed by atoms with Crippen LogP contribution in [0.5, 0.6) is 5.75 Å². The number of β-amino-alcohol motifs (C(OH)–C–C–N with tert-alkyl or cyclic N) is 1. The average molecular weight is 364 g/mol. The van der Waals surface area contributed by atoms with Gasteiger partial charge in [0.25, 0.3) is 0 Å². The summed E-state index contributed by atoms with van der Waals surface area (Å²) in [6.07, 6.45) is 0.836. The Hall–Kier alpha value is -1.18. The summed E-state index contributed by atoms with van der Waals surface area (Å²) in [6.45, 7) is 10.6. The van der Waals surface area contributed by atoms with Crippen LogP contribution in [0, 0.1) is 0 Å². The van der Waals surface area contributed by atoms with Crippen LogP contribution in [0.15, 0.2) is 24.3 Å². The summed E-state index contributed by atoms with van der Waals surface area (Å²) in [7, 11) is 0. The molecule has 6 heteroatoms. The maximum atomic E-state index is 10.9. The number of rotatable bonds is 9. The average Bonchev–Trinajstić information content (AvgIpc) is 3.01. The summed E-state index contributed by atoms with van der Waals surface area (Å²) in [4.78, 5) is 4.66. The zero-order chi connectivity index (χ0) is 18.2. The minimum Gasteiger partial charge on any atom is -0.491 e. The molecule has 1 N–H and O–H groups in total. The van der Waals surface area contributed by atoms with Crippen LogP contribution in [-0.2, 0) is 16.0 Å². The van der Waals surface area contributed by atoms with E-state index >= 15 is 0 Å². The van der Waals surface area contributed by atoms with Gasteiger partial charge < -0.3 is 19.3 Å². The summed E-state index contributed by atoms with van der Waals surface area (Å²) in [5.41, 5.74) is 0.650. The highest BCUT2D eigenvalue weighted by Gasteiger charge is 2.37. The molecule has 0 spiro atoms. The van der Waals surface area contributed by atoms with Crippen molar-refractivity contribution >= 4 is 0 Å². The highest BCUT2D eigenvalue weighted by atomic mass is 16.5. The molecular weight excluding hydrogens is 332 g/mol. The highest BCUT2D eigenvalue weighted by molar-refractivity contribution is 5.27. The molecule has 0 aliphatic carbocycles. The van der Waals surface area contributed by atoms with Crippen molar-refractivity contribution in [3.05, 3.63) is 29.8 Å². The molecule has 2 saturated heterocycles. The molecule has 6 nitrogen and oxygen atoms in total. The molecule has 1 aromatic carbocycles. The predicted octanol–water partition coefficient (Wildman–Crippen LogP) is 1.37. The van der Waals surface area contributed by atoms with Crippen molar-refractivity contribution in [2.75, 3.05) is 65.8 Å². The molecule has 146 valence electrons. The van der Waals surface area contributed by atoms with Crippen LogP contribution in [0.3, 0.4) is 0 Å². The fourth-order valence-electron chi connectivity index (χ4n) is 3.69. The van der Waals surface area contributed by atoms with E-state index < -0.39 is 5.60 Å². The van der Waals surface area contributed by atoms with Gasteiger partial charge in [0.15, 0.2) is 0 Å². The van der Waals surface area contributed by atoms with Gasteiger partial charge in [-0.3, -0.25) is 9.80 Å². The molecule has 26 heavy (non-hydrogen) atoms. The van der Waals surface area contributed by atoms with Gasteiger partial charge in [0.1, 0.15) is 12.4 Å². The Labute approximate surface area is 156 Å². The van der Waals surface area contributed by atoms with E-state index in [4.69, 9.17) is 14.2 Å². The highest BCUT2D eigenvalue weighted by Crippen LogP contribution is 2.25. The zero-order valence-electron chi connectivity index (χ0n) is 15.9. The molecule has 2 aliphatic rings. The molecule has 0 amide bonds. The molecule has 0 unspecified atom stereocenters. The van der Waals surface area contributed by atoms with Gasteiger partial charge in [0, 0.05) is 45.9 Å². The molecule has 1 atom stereocenters. The van der Waals surface area contributed by atoms with Crippen molar-refractivity contribution in [2.24, 2.45) is 0 Å². The van der Waals surface area contributed by atoms with E-state index in [1.807, 2.05) is 19.1 Å². The summed E-state index contributed by atoms with van der Waals surface area (Å²) in [5, 5.41) is 10.9. The number of aliphatic hydroxyl groups is 1. The third-order valence-corrected chi connectivity index (χ3v) is 5.06. The van der Waals surface area contributed by atoms with E-state index in [0.717, 1.165) is 71.3 Å². The minimum atomic E-state index is -0.598. The Morgan fingerprint density at radius 2 is 1.85 bits per heavy atom. The first kappa shape index (κ1) is 19.6. The zero-order valence-corrected chi connectivity index (χ0v) is 15.9. The number of benzene rings is 1. The van der Waals surface area contributed by atoms with E-state index in [2.05, 4.69) is 21.9 Å². The topological polar surface area (TPSA) is 54.4 Å². The lowest BCUT2D eigenvalue weighted by atomic mass is 10.0. The molecular formula is C20H32N2O4. The molecule has 0 bridgehead atoms. The monoisotopic (exact) mass is 364 g/mol. The lowest BCUT2D eigenvalue weighted by Gasteiger charge is -2.33. The summed E-state index contributed by atoms with van der Waals surface area (Å²) in [5.74, 6) is 0.874. The van der Waals surface area contributed by atoms with Crippen LogP contribution in [0.25, 0.3) is 0 Å². The van der Waals surface area contributed by atoms with Crippen molar-refractivity contribution in [1.29, 1.82) is 0 Å². The number of ether oxygens (including phenoxy) is 3. The quantitative estimate of drug-likeness (QED) is 0.668. The van der Waals surface area contributed by atoms with Gasteiger partial charge in [-0.05, 0) is 31.0 Å². The van der Waals surface area contributed by atoms with Crippen LogP contribution < -0.4 is 4.74 Å². The smallest absolute Gasteiger partial charge is 0.119 e. The SMILES string of the molecule is CCOCCOc1ccc(CN2CC[C@@](O)(CN3CCOCC3)C2)cc1. The second-order valence-corrected chi connectivity index (χ2v) is 7.26. The van der Waals surface area contributed by atoms with Gasteiger partial charge in [-0.1, -0.05) is 12.1 Å². The number of likely N-dealkylation sites (tertiary alicyclic amines) is 1. The first-order valence-corrected chi connectivity index (χ1v) is 9.71. The van der Waals surface area contributed by atoms with Crippen molar-refractivity contribution < 1.29 is 19.3 Å². The van der Waals surface area contributed by atoms with Gasteiger partial charge in [-0.2, -0.15) is 0 Å². The first-order valence-electron chi connectivity index (χ1n) is 9.71. The summed E-state index contributed by atoms with van der Waals surface area (Å²) < 4.78 is 16.3. The largest absolute Gasteiger partial charge is 0.491 e. The Kier molecular flexibility index (Phi) is 7.28. The molecule has 2 heterocycles. The summed E-state index contributed by atoms with van der Waals surface area (Å²) in [6, 6.07) is 8.24. The van der Waals surface area contributed by atoms with Gasteiger partial charge in [-0.15, -0.1) is 0 Å². The molecule has 0 radical (unpaired) electrons. The van der Waals surface area contributed by atoms with Crippen LogP contribution in [0.4, 0.5) is 0 Å². The van der Waals surface area contributed by atoms with Crippen LogP contribution in [0.2, 0.25) is 0 Å². The normalized spacial score (nSPS) is 24.8. The lowest BCUT2D eigenvalue weighted by Crippen LogP contribution is -2.48. The maximum Gasteiger partial charge on any atom is 0.119 e. The van der Waals surface area contributed by atoms with Gasteiger partial charge in [0.2, 0.25) is 0 Å².